The van der Waals surface area contributed by atoms with E-state index in [0.29, 0.717) is 22.0 Å². The van der Waals surface area contributed by atoms with Crippen LogP contribution < -0.4 is 0 Å². The highest BCUT2D eigenvalue weighted by Gasteiger charge is 2.13. The van der Waals surface area contributed by atoms with E-state index in [2.05, 4.69) is 4.98 Å². The van der Waals surface area contributed by atoms with Crippen LogP contribution in [-0.4, -0.2) is 10.1 Å². The number of aliphatic hydroxyl groups is 1. The molecule has 1 atom stereocenters. The Labute approximate surface area is 110 Å². The van der Waals surface area contributed by atoms with Crippen molar-refractivity contribution in [2.45, 2.75) is 12.5 Å². The third kappa shape index (κ3) is 3.19. The summed E-state index contributed by atoms with van der Waals surface area (Å²) in [5, 5.41) is 11.1. The molecule has 1 aromatic carbocycles. The molecule has 0 fully saturated rings. The molecule has 2 nitrogen and oxygen atoms in total. The molecule has 2 rings (SSSR count). The molecular formula is C13H11Cl2NO. The third-order valence-corrected chi connectivity index (χ3v) is 3.01. The summed E-state index contributed by atoms with van der Waals surface area (Å²) in [6, 6.07) is 10.7. The summed E-state index contributed by atoms with van der Waals surface area (Å²) in [5.41, 5.74) is 1.49. The van der Waals surface area contributed by atoms with Crippen LogP contribution in [0, 0.1) is 0 Å². The maximum Gasteiger partial charge on any atom is 0.0859 e. The molecule has 0 aliphatic heterocycles. The van der Waals surface area contributed by atoms with Gasteiger partial charge in [0.15, 0.2) is 0 Å². The van der Waals surface area contributed by atoms with Gasteiger partial charge in [0.2, 0.25) is 0 Å². The SMILES string of the molecule is OC(Cc1ccccn1)c1ccc(Cl)cc1Cl. The first kappa shape index (κ1) is 12.4. The van der Waals surface area contributed by atoms with Gasteiger partial charge in [-0.25, -0.2) is 0 Å². The standard InChI is InChI=1S/C13H11Cl2NO/c14-9-4-5-11(12(15)7-9)13(17)8-10-3-1-2-6-16-10/h1-7,13,17H,8H2. The summed E-state index contributed by atoms with van der Waals surface area (Å²) in [5.74, 6) is 0. The van der Waals surface area contributed by atoms with E-state index in [4.69, 9.17) is 23.2 Å². The van der Waals surface area contributed by atoms with Crippen molar-refractivity contribution in [1.29, 1.82) is 0 Å². The second-order valence-electron chi connectivity index (χ2n) is 3.71. The van der Waals surface area contributed by atoms with Crippen LogP contribution >= 0.6 is 23.2 Å². The molecule has 0 saturated carbocycles. The quantitative estimate of drug-likeness (QED) is 0.921. The summed E-state index contributed by atoms with van der Waals surface area (Å²) in [6.07, 6.45) is 1.46. The second kappa shape index (κ2) is 5.50. The highest BCUT2D eigenvalue weighted by atomic mass is 35.5. The number of aromatic nitrogens is 1. The van der Waals surface area contributed by atoms with E-state index >= 15 is 0 Å². The van der Waals surface area contributed by atoms with Crippen molar-refractivity contribution in [3.63, 3.8) is 0 Å². The molecule has 0 aliphatic carbocycles. The van der Waals surface area contributed by atoms with Crippen molar-refractivity contribution in [3.05, 3.63) is 63.9 Å². The fourth-order valence-electron chi connectivity index (χ4n) is 1.60. The predicted octanol–water partition coefficient (Wildman–Crippen LogP) is 3.66. The molecule has 4 heteroatoms. The van der Waals surface area contributed by atoms with E-state index in [9.17, 15) is 5.11 Å². The third-order valence-electron chi connectivity index (χ3n) is 2.45. The fraction of sp³-hybridized carbons (Fsp3) is 0.154. The van der Waals surface area contributed by atoms with Gasteiger partial charge in [-0.15, -0.1) is 0 Å². The first-order chi connectivity index (χ1) is 8.16. The van der Waals surface area contributed by atoms with Gasteiger partial charge in [0.05, 0.1) is 6.10 Å². The summed E-state index contributed by atoms with van der Waals surface area (Å²) < 4.78 is 0. The largest absolute Gasteiger partial charge is 0.388 e. The minimum absolute atomic E-state index is 0.433. The number of pyridine rings is 1. The van der Waals surface area contributed by atoms with E-state index in [1.54, 1.807) is 24.4 Å². The van der Waals surface area contributed by atoms with Crippen LogP contribution in [0.5, 0.6) is 0 Å². The smallest absolute Gasteiger partial charge is 0.0859 e. The lowest BCUT2D eigenvalue weighted by Gasteiger charge is -2.12. The van der Waals surface area contributed by atoms with Gasteiger partial charge in [0.25, 0.3) is 0 Å². The van der Waals surface area contributed by atoms with Crippen LogP contribution in [0.15, 0.2) is 42.6 Å². The minimum atomic E-state index is -0.672. The summed E-state index contributed by atoms with van der Waals surface area (Å²) in [6.45, 7) is 0. The van der Waals surface area contributed by atoms with Gasteiger partial charge in [0, 0.05) is 28.4 Å². The lowest BCUT2D eigenvalue weighted by atomic mass is 10.0. The lowest BCUT2D eigenvalue weighted by molar-refractivity contribution is 0.177. The average molecular weight is 268 g/mol. The predicted molar refractivity (Wildman–Crippen MR) is 69.4 cm³/mol. The summed E-state index contributed by atoms with van der Waals surface area (Å²) >= 11 is 11.8. The topological polar surface area (TPSA) is 33.1 Å². The van der Waals surface area contributed by atoms with Crippen molar-refractivity contribution < 1.29 is 5.11 Å². The highest BCUT2D eigenvalue weighted by Crippen LogP contribution is 2.27. The van der Waals surface area contributed by atoms with E-state index in [-0.39, 0.29) is 0 Å². The Morgan fingerprint density at radius 2 is 2.00 bits per heavy atom. The Morgan fingerprint density at radius 3 is 2.65 bits per heavy atom. The Hall–Kier alpha value is -1.09. The first-order valence-electron chi connectivity index (χ1n) is 5.20. The zero-order valence-corrected chi connectivity index (χ0v) is 10.5. The molecular weight excluding hydrogens is 257 g/mol. The van der Waals surface area contributed by atoms with Crippen molar-refractivity contribution >= 4 is 23.2 Å². The minimum Gasteiger partial charge on any atom is -0.388 e. The normalized spacial score (nSPS) is 12.4. The van der Waals surface area contributed by atoms with Gasteiger partial charge in [-0.1, -0.05) is 35.3 Å². The maximum absolute atomic E-state index is 10.1. The molecule has 0 radical (unpaired) electrons. The lowest BCUT2D eigenvalue weighted by Crippen LogP contribution is -2.03. The second-order valence-corrected chi connectivity index (χ2v) is 4.55. The molecule has 0 bridgehead atoms. The van der Waals surface area contributed by atoms with E-state index in [1.807, 2.05) is 18.2 Å². The molecule has 1 heterocycles. The number of rotatable bonds is 3. The number of halogens is 2. The van der Waals surface area contributed by atoms with Crippen LogP contribution in [0.4, 0.5) is 0 Å². The van der Waals surface area contributed by atoms with Crippen LogP contribution in [0.25, 0.3) is 0 Å². The zero-order valence-electron chi connectivity index (χ0n) is 8.98. The Bertz CT molecular complexity index is 502. The van der Waals surface area contributed by atoms with Gasteiger partial charge < -0.3 is 5.11 Å². The Balaban J connectivity index is 2.17. The summed E-state index contributed by atoms with van der Waals surface area (Å²) in [7, 11) is 0. The van der Waals surface area contributed by atoms with E-state index in [0.717, 1.165) is 5.69 Å². The molecule has 2 aromatic rings. The van der Waals surface area contributed by atoms with Gasteiger partial charge in [-0.05, 0) is 29.8 Å². The first-order valence-corrected chi connectivity index (χ1v) is 5.95. The molecule has 1 N–H and O–H groups in total. The highest BCUT2D eigenvalue weighted by molar-refractivity contribution is 6.35. The van der Waals surface area contributed by atoms with Crippen LogP contribution in [0.1, 0.15) is 17.4 Å². The fourth-order valence-corrected chi connectivity index (χ4v) is 2.13. The van der Waals surface area contributed by atoms with Crippen LogP contribution in [0.2, 0.25) is 10.0 Å². The van der Waals surface area contributed by atoms with Gasteiger partial charge in [-0.3, -0.25) is 4.98 Å². The number of nitrogens with zero attached hydrogens (tertiary/aromatic N) is 1. The molecule has 1 aromatic heterocycles. The molecule has 0 saturated heterocycles. The molecule has 0 spiro atoms. The zero-order chi connectivity index (χ0) is 12.3. The van der Waals surface area contributed by atoms with Gasteiger partial charge >= 0.3 is 0 Å². The summed E-state index contributed by atoms with van der Waals surface area (Å²) in [4.78, 5) is 4.16. The van der Waals surface area contributed by atoms with Crippen molar-refractivity contribution in [2.75, 3.05) is 0 Å². The number of hydrogen-bond acceptors (Lipinski definition) is 2. The number of hydrogen-bond donors (Lipinski definition) is 1. The van der Waals surface area contributed by atoms with Crippen LogP contribution in [0.3, 0.4) is 0 Å². The van der Waals surface area contributed by atoms with Crippen molar-refractivity contribution in [3.8, 4) is 0 Å². The van der Waals surface area contributed by atoms with E-state index in [1.165, 1.54) is 0 Å². The molecule has 1 unspecified atom stereocenters. The van der Waals surface area contributed by atoms with Crippen molar-refractivity contribution in [2.24, 2.45) is 0 Å². The number of aliphatic hydroxyl groups excluding tert-OH is 1. The number of benzene rings is 1. The molecule has 0 aliphatic rings. The average Bonchev–Trinajstić information content (AvgIpc) is 2.30. The van der Waals surface area contributed by atoms with Gasteiger partial charge in [0.1, 0.15) is 0 Å². The molecule has 17 heavy (non-hydrogen) atoms. The Morgan fingerprint density at radius 1 is 1.18 bits per heavy atom. The van der Waals surface area contributed by atoms with Crippen LogP contribution in [-0.2, 0) is 6.42 Å². The van der Waals surface area contributed by atoms with Gasteiger partial charge in [-0.2, -0.15) is 0 Å². The van der Waals surface area contributed by atoms with Crippen molar-refractivity contribution in [1.82, 2.24) is 4.98 Å². The molecule has 0 amide bonds. The maximum atomic E-state index is 10.1. The molecule has 88 valence electrons. The van der Waals surface area contributed by atoms with E-state index < -0.39 is 6.10 Å². The Kier molecular flexibility index (Phi) is 4.00. The monoisotopic (exact) mass is 267 g/mol.